The predicted molar refractivity (Wildman–Crippen MR) is 116 cm³/mol. The lowest BCUT2D eigenvalue weighted by atomic mass is 10.2. The van der Waals surface area contributed by atoms with Crippen LogP contribution in [0.4, 0.5) is 5.69 Å². The fourth-order valence-corrected chi connectivity index (χ4v) is 3.18. The highest BCUT2D eigenvalue weighted by molar-refractivity contribution is 6.40. The van der Waals surface area contributed by atoms with E-state index in [1.807, 2.05) is 57.2 Å². The third kappa shape index (κ3) is 4.73. The normalized spacial score (nSPS) is 10.9. The fourth-order valence-electron chi connectivity index (χ4n) is 3.01. The molecule has 3 aromatic rings. The zero-order valence-corrected chi connectivity index (χ0v) is 17.1. The summed E-state index contributed by atoms with van der Waals surface area (Å²) in [5.41, 5.74) is 7.44. The molecule has 0 unspecified atom stereocenters. The van der Waals surface area contributed by atoms with Crippen LogP contribution in [0.1, 0.15) is 22.5 Å². The van der Waals surface area contributed by atoms with Gasteiger partial charge in [0.1, 0.15) is 0 Å². The number of hydrogen-bond acceptors (Lipinski definition) is 3. The predicted octanol–water partition coefficient (Wildman–Crippen LogP) is 4.14. The summed E-state index contributed by atoms with van der Waals surface area (Å²) in [5.74, 6) is -1.68. The maximum absolute atomic E-state index is 12.1. The molecule has 1 aromatic heterocycles. The molecule has 2 aromatic carbocycles. The largest absolute Gasteiger partial charge is 0.329 e. The van der Waals surface area contributed by atoms with Crippen LogP contribution in [0.3, 0.4) is 0 Å². The summed E-state index contributed by atoms with van der Waals surface area (Å²) in [6.45, 7) is 5.78. The van der Waals surface area contributed by atoms with E-state index < -0.39 is 11.8 Å². The van der Waals surface area contributed by atoms with Crippen molar-refractivity contribution in [1.29, 1.82) is 0 Å². The minimum Gasteiger partial charge on any atom is -0.318 e. The summed E-state index contributed by atoms with van der Waals surface area (Å²) in [4.78, 5) is 24.1. The van der Waals surface area contributed by atoms with Crippen LogP contribution < -0.4 is 10.7 Å². The third-order valence-electron chi connectivity index (χ3n) is 4.51. The van der Waals surface area contributed by atoms with Crippen LogP contribution in [0.5, 0.6) is 0 Å². The number of anilines is 1. The van der Waals surface area contributed by atoms with Gasteiger partial charge in [-0.05, 0) is 56.7 Å². The number of aryl methyl sites for hydroxylation is 2. The summed E-state index contributed by atoms with van der Waals surface area (Å²) in [7, 11) is 0. The molecular weight excluding hydrogens is 388 g/mol. The van der Waals surface area contributed by atoms with Gasteiger partial charge in [-0.1, -0.05) is 35.9 Å². The van der Waals surface area contributed by atoms with Crippen molar-refractivity contribution in [3.8, 4) is 5.69 Å². The number of para-hydroxylation sites is 1. The Hall–Kier alpha value is -3.38. The van der Waals surface area contributed by atoms with Crippen LogP contribution in [-0.2, 0) is 9.59 Å². The maximum atomic E-state index is 12.1. The first-order chi connectivity index (χ1) is 13.9. The molecule has 148 valence electrons. The highest BCUT2D eigenvalue weighted by atomic mass is 35.5. The summed E-state index contributed by atoms with van der Waals surface area (Å²) >= 11 is 5.93. The number of halogens is 1. The first-order valence-electron chi connectivity index (χ1n) is 9.01. The number of hydrazone groups is 1. The van der Waals surface area contributed by atoms with Crippen LogP contribution >= 0.6 is 11.6 Å². The third-order valence-corrected chi connectivity index (χ3v) is 4.74. The lowest BCUT2D eigenvalue weighted by Crippen LogP contribution is -2.32. The van der Waals surface area contributed by atoms with E-state index in [0.29, 0.717) is 10.7 Å². The van der Waals surface area contributed by atoms with Crippen LogP contribution in [0, 0.1) is 20.8 Å². The molecule has 6 nitrogen and oxygen atoms in total. The lowest BCUT2D eigenvalue weighted by Gasteiger charge is -2.09. The van der Waals surface area contributed by atoms with Crippen LogP contribution in [0.25, 0.3) is 5.69 Å². The SMILES string of the molecule is Cc1ccc(Cl)cc1NC(=O)C(=O)N/N=C\c1cc(C)n(-c2ccccc2)c1C. The Morgan fingerprint density at radius 2 is 1.72 bits per heavy atom. The number of benzene rings is 2. The summed E-state index contributed by atoms with van der Waals surface area (Å²) < 4.78 is 2.10. The summed E-state index contributed by atoms with van der Waals surface area (Å²) in [6.07, 6.45) is 1.53. The van der Waals surface area contributed by atoms with Gasteiger partial charge in [0.15, 0.2) is 0 Å². The number of nitrogens with zero attached hydrogens (tertiary/aromatic N) is 2. The van der Waals surface area contributed by atoms with E-state index in [9.17, 15) is 9.59 Å². The standard InChI is InChI=1S/C22H21ClN4O2/c1-14-9-10-18(23)12-20(14)25-21(28)22(29)26-24-13-17-11-15(2)27(16(17)3)19-7-5-4-6-8-19/h4-13H,1-3H3,(H,25,28)(H,26,29)/b24-13-. The minimum atomic E-state index is -0.863. The molecule has 2 amide bonds. The van der Waals surface area contributed by atoms with Crippen LogP contribution in [0.2, 0.25) is 5.02 Å². The van der Waals surface area contributed by atoms with Gasteiger partial charge in [-0.15, -0.1) is 0 Å². The quantitative estimate of drug-likeness (QED) is 0.386. The first kappa shape index (κ1) is 20.4. The Labute approximate surface area is 174 Å². The Kier molecular flexibility index (Phi) is 6.14. The number of rotatable bonds is 4. The molecule has 0 radical (unpaired) electrons. The van der Waals surface area contributed by atoms with E-state index in [2.05, 4.69) is 20.4 Å². The average Bonchev–Trinajstić information content (AvgIpc) is 2.98. The Bertz CT molecular complexity index is 1090. The molecule has 0 saturated heterocycles. The Balaban J connectivity index is 1.67. The zero-order valence-electron chi connectivity index (χ0n) is 16.4. The van der Waals surface area contributed by atoms with Gasteiger partial charge in [-0.3, -0.25) is 9.59 Å². The first-order valence-corrected chi connectivity index (χ1v) is 9.39. The van der Waals surface area contributed by atoms with E-state index >= 15 is 0 Å². The van der Waals surface area contributed by atoms with Crippen LogP contribution in [0.15, 0.2) is 59.7 Å². The summed E-state index contributed by atoms with van der Waals surface area (Å²) in [6, 6.07) is 17.0. The molecule has 0 spiro atoms. The van der Waals surface area contributed by atoms with Crippen molar-refractivity contribution in [2.75, 3.05) is 5.32 Å². The fraction of sp³-hybridized carbons (Fsp3) is 0.136. The zero-order chi connectivity index (χ0) is 21.0. The molecule has 7 heteroatoms. The molecular formula is C22H21ClN4O2. The van der Waals surface area contributed by atoms with Crippen molar-refractivity contribution in [3.63, 3.8) is 0 Å². The minimum absolute atomic E-state index is 0.470. The van der Waals surface area contributed by atoms with Crippen molar-refractivity contribution in [3.05, 3.63) is 82.1 Å². The van der Waals surface area contributed by atoms with Crippen molar-refractivity contribution in [2.45, 2.75) is 20.8 Å². The van der Waals surface area contributed by atoms with Crippen molar-refractivity contribution in [1.82, 2.24) is 9.99 Å². The van der Waals surface area contributed by atoms with Gasteiger partial charge in [0.05, 0.1) is 6.21 Å². The van der Waals surface area contributed by atoms with E-state index in [1.54, 1.807) is 18.2 Å². The van der Waals surface area contributed by atoms with Gasteiger partial charge in [0.25, 0.3) is 0 Å². The van der Waals surface area contributed by atoms with Gasteiger partial charge in [0, 0.05) is 33.3 Å². The Morgan fingerprint density at radius 3 is 2.45 bits per heavy atom. The molecule has 2 N–H and O–H groups in total. The molecule has 0 aliphatic carbocycles. The molecule has 0 bridgehead atoms. The number of amides is 2. The highest BCUT2D eigenvalue weighted by Gasteiger charge is 2.14. The van der Waals surface area contributed by atoms with Crippen molar-refractivity contribution < 1.29 is 9.59 Å². The molecule has 0 saturated carbocycles. The number of nitrogens with one attached hydrogen (secondary N) is 2. The Morgan fingerprint density at radius 1 is 1.00 bits per heavy atom. The van der Waals surface area contributed by atoms with E-state index in [-0.39, 0.29) is 0 Å². The number of carbonyl (C=O) groups is 2. The van der Waals surface area contributed by atoms with Gasteiger partial charge < -0.3 is 9.88 Å². The number of hydrogen-bond donors (Lipinski definition) is 2. The molecule has 1 heterocycles. The maximum Gasteiger partial charge on any atom is 0.329 e. The lowest BCUT2D eigenvalue weighted by molar-refractivity contribution is -0.136. The van der Waals surface area contributed by atoms with Gasteiger partial charge >= 0.3 is 11.8 Å². The molecule has 0 aliphatic heterocycles. The second-order valence-electron chi connectivity index (χ2n) is 6.61. The number of aromatic nitrogens is 1. The molecule has 0 atom stereocenters. The van der Waals surface area contributed by atoms with Crippen LogP contribution in [-0.4, -0.2) is 22.6 Å². The van der Waals surface area contributed by atoms with E-state index in [0.717, 1.165) is 28.2 Å². The second-order valence-corrected chi connectivity index (χ2v) is 7.05. The number of carbonyl (C=O) groups excluding carboxylic acids is 2. The van der Waals surface area contributed by atoms with E-state index in [4.69, 9.17) is 11.6 Å². The monoisotopic (exact) mass is 408 g/mol. The van der Waals surface area contributed by atoms with Gasteiger partial charge in [-0.2, -0.15) is 5.10 Å². The van der Waals surface area contributed by atoms with Gasteiger partial charge in [-0.25, -0.2) is 5.43 Å². The molecule has 29 heavy (non-hydrogen) atoms. The summed E-state index contributed by atoms with van der Waals surface area (Å²) in [5, 5.41) is 6.93. The molecule has 0 fully saturated rings. The smallest absolute Gasteiger partial charge is 0.318 e. The van der Waals surface area contributed by atoms with E-state index in [1.165, 1.54) is 6.21 Å². The molecule has 3 rings (SSSR count). The second kappa shape index (κ2) is 8.75. The topological polar surface area (TPSA) is 75.5 Å². The van der Waals surface area contributed by atoms with Crippen molar-refractivity contribution >= 4 is 35.3 Å². The highest BCUT2D eigenvalue weighted by Crippen LogP contribution is 2.20. The average molecular weight is 409 g/mol. The van der Waals surface area contributed by atoms with Gasteiger partial charge in [0.2, 0.25) is 0 Å². The van der Waals surface area contributed by atoms with Crippen molar-refractivity contribution in [2.24, 2.45) is 5.10 Å². The molecule has 0 aliphatic rings.